The molecule has 1 N–H and O–H groups in total. The molecule has 2 rings (SSSR count). The number of rotatable bonds is 4. The first kappa shape index (κ1) is 14.4. The highest BCUT2D eigenvalue weighted by molar-refractivity contribution is 6.04. The number of nitro groups is 1. The standard InChI is InChI=1S/C15H12N2O4/c1-10-2-5-12(8-14(10)17(20)21)15(19)16-13-6-3-11(9-18)4-7-13/h2-9H,1H3,(H,16,19). The van der Waals surface area contributed by atoms with Gasteiger partial charge in [0.25, 0.3) is 11.6 Å². The van der Waals surface area contributed by atoms with Gasteiger partial charge in [-0.3, -0.25) is 19.7 Å². The number of nitro benzene ring substituents is 1. The molecule has 0 aliphatic rings. The largest absolute Gasteiger partial charge is 0.322 e. The van der Waals surface area contributed by atoms with Crippen LogP contribution in [-0.4, -0.2) is 17.1 Å². The summed E-state index contributed by atoms with van der Waals surface area (Å²) in [6.45, 7) is 1.61. The molecule has 0 saturated carbocycles. The zero-order chi connectivity index (χ0) is 15.4. The van der Waals surface area contributed by atoms with Crippen LogP contribution in [0.5, 0.6) is 0 Å². The molecule has 0 aliphatic heterocycles. The van der Waals surface area contributed by atoms with Crippen LogP contribution in [-0.2, 0) is 0 Å². The van der Waals surface area contributed by atoms with Gasteiger partial charge >= 0.3 is 0 Å². The molecule has 0 bridgehead atoms. The van der Waals surface area contributed by atoms with Gasteiger partial charge in [0.15, 0.2) is 0 Å². The Labute approximate surface area is 120 Å². The van der Waals surface area contributed by atoms with Gasteiger partial charge in [-0.25, -0.2) is 0 Å². The second-order valence-corrected chi connectivity index (χ2v) is 4.45. The third kappa shape index (κ3) is 3.30. The van der Waals surface area contributed by atoms with Crippen molar-refractivity contribution in [1.82, 2.24) is 0 Å². The lowest BCUT2D eigenvalue weighted by Crippen LogP contribution is -2.12. The fourth-order valence-corrected chi connectivity index (χ4v) is 1.80. The molecule has 0 unspecified atom stereocenters. The van der Waals surface area contributed by atoms with Crippen molar-refractivity contribution in [3.05, 3.63) is 69.3 Å². The van der Waals surface area contributed by atoms with Crippen molar-refractivity contribution < 1.29 is 14.5 Å². The smallest absolute Gasteiger partial charge is 0.273 e. The van der Waals surface area contributed by atoms with E-state index in [2.05, 4.69) is 5.32 Å². The summed E-state index contributed by atoms with van der Waals surface area (Å²) in [7, 11) is 0. The molecule has 0 atom stereocenters. The molecular formula is C15H12N2O4. The number of nitrogens with zero attached hydrogens (tertiary/aromatic N) is 1. The number of amides is 1. The van der Waals surface area contributed by atoms with Gasteiger partial charge in [0, 0.05) is 28.4 Å². The summed E-state index contributed by atoms with van der Waals surface area (Å²) < 4.78 is 0. The molecule has 2 aromatic rings. The van der Waals surface area contributed by atoms with Crippen LogP contribution in [0.1, 0.15) is 26.3 Å². The number of aldehydes is 1. The minimum Gasteiger partial charge on any atom is -0.322 e. The van der Waals surface area contributed by atoms with Crippen LogP contribution in [0.4, 0.5) is 11.4 Å². The van der Waals surface area contributed by atoms with Crippen molar-refractivity contribution >= 4 is 23.6 Å². The van der Waals surface area contributed by atoms with Crippen LogP contribution < -0.4 is 5.32 Å². The van der Waals surface area contributed by atoms with Gasteiger partial charge in [0.1, 0.15) is 6.29 Å². The van der Waals surface area contributed by atoms with Crippen molar-refractivity contribution in [3.63, 3.8) is 0 Å². The van der Waals surface area contributed by atoms with Crippen LogP contribution in [0.25, 0.3) is 0 Å². The zero-order valence-electron chi connectivity index (χ0n) is 11.2. The summed E-state index contributed by atoms with van der Waals surface area (Å²) in [5.74, 6) is -0.447. The molecule has 0 spiro atoms. The fraction of sp³-hybridized carbons (Fsp3) is 0.0667. The predicted molar refractivity (Wildman–Crippen MR) is 77.6 cm³/mol. The molecule has 6 heteroatoms. The van der Waals surface area contributed by atoms with Gasteiger partial charge in [-0.2, -0.15) is 0 Å². The van der Waals surface area contributed by atoms with Gasteiger partial charge in [0.2, 0.25) is 0 Å². The van der Waals surface area contributed by atoms with Crippen molar-refractivity contribution in [2.75, 3.05) is 5.32 Å². The average Bonchev–Trinajstić information content (AvgIpc) is 2.48. The van der Waals surface area contributed by atoms with E-state index in [-0.39, 0.29) is 11.3 Å². The molecule has 21 heavy (non-hydrogen) atoms. The highest BCUT2D eigenvalue weighted by Gasteiger charge is 2.15. The molecule has 0 aliphatic carbocycles. The van der Waals surface area contributed by atoms with Gasteiger partial charge in [-0.05, 0) is 37.3 Å². The summed E-state index contributed by atoms with van der Waals surface area (Å²) in [5.41, 5.74) is 1.60. The minimum atomic E-state index is -0.523. The molecular weight excluding hydrogens is 272 g/mol. The molecule has 0 fully saturated rings. The Bertz CT molecular complexity index is 708. The Kier molecular flexibility index (Phi) is 4.08. The second-order valence-electron chi connectivity index (χ2n) is 4.45. The third-order valence-electron chi connectivity index (χ3n) is 2.97. The Balaban J connectivity index is 2.21. The average molecular weight is 284 g/mol. The number of aryl methyl sites for hydroxylation is 1. The summed E-state index contributed by atoms with van der Waals surface area (Å²) in [6.07, 6.45) is 0.703. The third-order valence-corrected chi connectivity index (χ3v) is 2.97. The van der Waals surface area contributed by atoms with E-state index in [0.717, 1.165) is 0 Å². The highest BCUT2D eigenvalue weighted by Crippen LogP contribution is 2.20. The SMILES string of the molecule is Cc1ccc(C(=O)Nc2ccc(C=O)cc2)cc1[N+](=O)[O-]. The summed E-state index contributed by atoms with van der Waals surface area (Å²) in [4.78, 5) is 32.9. The van der Waals surface area contributed by atoms with E-state index in [1.165, 1.54) is 18.2 Å². The van der Waals surface area contributed by atoms with E-state index in [0.29, 0.717) is 23.1 Å². The first-order valence-corrected chi connectivity index (χ1v) is 6.13. The van der Waals surface area contributed by atoms with E-state index in [1.807, 2.05) is 0 Å². The number of benzene rings is 2. The molecule has 0 radical (unpaired) electrons. The molecule has 0 heterocycles. The maximum absolute atomic E-state index is 12.1. The maximum Gasteiger partial charge on any atom is 0.273 e. The molecule has 6 nitrogen and oxygen atoms in total. The van der Waals surface area contributed by atoms with Crippen LogP contribution in [0.2, 0.25) is 0 Å². The number of carbonyl (C=O) groups excluding carboxylic acids is 2. The van der Waals surface area contributed by atoms with E-state index in [1.54, 1.807) is 31.2 Å². The number of hydrogen-bond donors (Lipinski definition) is 1. The maximum atomic E-state index is 12.1. The minimum absolute atomic E-state index is 0.0982. The Morgan fingerprint density at radius 1 is 1.19 bits per heavy atom. The Hall–Kier alpha value is -3.02. The van der Waals surface area contributed by atoms with Crippen LogP contribution in [0.15, 0.2) is 42.5 Å². The first-order valence-electron chi connectivity index (χ1n) is 6.13. The number of hydrogen-bond acceptors (Lipinski definition) is 4. The lowest BCUT2D eigenvalue weighted by molar-refractivity contribution is -0.385. The van der Waals surface area contributed by atoms with Crippen molar-refractivity contribution in [2.45, 2.75) is 6.92 Å². The Morgan fingerprint density at radius 3 is 2.43 bits per heavy atom. The molecule has 1 amide bonds. The summed E-state index contributed by atoms with van der Waals surface area (Å²) in [5, 5.41) is 13.5. The van der Waals surface area contributed by atoms with Gasteiger partial charge in [0.05, 0.1) is 4.92 Å². The van der Waals surface area contributed by atoms with Crippen LogP contribution in [0, 0.1) is 17.0 Å². The molecule has 0 aromatic heterocycles. The lowest BCUT2D eigenvalue weighted by atomic mass is 10.1. The van der Waals surface area contributed by atoms with Crippen molar-refractivity contribution in [1.29, 1.82) is 0 Å². The summed E-state index contributed by atoms with van der Waals surface area (Å²) >= 11 is 0. The molecule has 0 saturated heterocycles. The quantitative estimate of drug-likeness (QED) is 0.531. The van der Waals surface area contributed by atoms with Crippen molar-refractivity contribution in [3.8, 4) is 0 Å². The van der Waals surface area contributed by atoms with Crippen LogP contribution >= 0.6 is 0 Å². The number of nitrogens with one attached hydrogen (secondary N) is 1. The van der Waals surface area contributed by atoms with E-state index < -0.39 is 10.8 Å². The number of carbonyl (C=O) groups is 2. The Morgan fingerprint density at radius 2 is 1.86 bits per heavy atom. The fourth-order valence-electron chi connectivity index (χ4n) is 1.80. The predicted octanol–water partition coefficient (Wildman–Crippen LogP) is 2.97. The topological polar surface area (TPSA) is 89.3 Å². The van der Waals surface area contributed by atoms with E-state index in [4.69, 9.17) is 0 Å². The first-order chi connectivity index (χ1) is 10.0. The second kappa shape index (κ2) is 5.96. The zero-order valence-corrected chi connectivity index (χ0v) is 11.2. The number of anilines is 1. The molecule has 106 valence electrons. The van der Waals surface area contributed by atoms with Gasteiger partial charge in [-0.1, -0.05) is 6.07 Å². The van der Waals surface area contributed by atoms with E-state index in [9.17, 15) is 19.7 Å². The lowest BCUT2D eigenvalue weighted by Gasteiger charge is -2.06. The van der Waals surface area contributed by atoms with Gasteiger partial charge in [-0.15, -0.1) is 0 Å². The highest BCUT2D eigenvalue weighted by atomic mass is 16.6. The van der Waals surface area contributed by atoms with Crippen molar-refractivity contribution in [2.24, 2.45) is 0 Å². The van der Waals surface area contributed by atoms with Gasteiger partial charge < -0.3 is 5.32 Å². The summed E-state index contributed by atoms with van der Waals surface area (Å²) in [6, 6.07) is 10.6. The normalized spacial score (nSPS) is 9.95. The monoisotopic (exact) mass is 284 g/mol. The van der Waals surface area contributed by atoms with E-state index >= 15 is 0 Å². The molecule has 2 aromatic carbocycles. The van der Waals surface area contributed by atoms with Crippen LogP contribution in [0.3, 0.4) is 0 Å².